The summed E-state index contributed by atoms with van der Waals surface area (Å²) in [4.78, 5) is 33.8. The Morgan fingerprint density at radius 2 is 2.19 bits per heavy atom. The Hall–Kier alpha value is -2.11. The van der Waals surface area contributed by atoms with Crippen LogP contribution in [0.2, 0.25) is 0 Å². The number of H-pyrrole nitrogens is 2. The van der Waals surface area contributed by atoms with E-state index in [0.717, 1.165) is 19.5 Å². The molecule has 0 aromatic carbocycles. The molecule has 82 valence electrons. The number of nitrogens with zero attached hydrogens (tertiary/aromatic N) is 2. The number of pyridine rings is 1. The minimum Gasteiger partial charge on any atom is -0.338 e. The maximum atomic E-state index is 11.9. The number of aromatic nitrogens is 3. The van der Waals surface area contributed by atoms with Gasteiger partial charge in [-0.2, -0.15) is 0 Å². The third kappa shape index (κ3) is 1.30. The molecule has 6 heteroatoms. The number of rotatable bonds is 1. The number of nitrogens with one attached hydrogen (secondary N) is 2. The quantitative estimate of drug-likeness (QED) is 0.712. The first-order valence-electron chi connectivity index (χ1n) is 5.11. The van der Waals surface area contributed by atoms with Crippen molar-refractivity contribution in [1.29, 1.82) is 0 Å². The lowest BCUT2D eigenvalue weighted by Crippen LogP contribution is -2.42. The SMILES string of the molecule is O=C(c1cnc2[nH]c(=O)[nH]c2c1)N1CCC1. The van der Waals surface area contributed by atoms with Crippen LogP contribution in [0, 0.1) is 0 Å². The van der Waals surface area contributed by atoms with Gasteiger partial charge in [-0.15, -0.1) is 0 Å². The highest BCUT2D eigenvalue weighted by Crippen LogP contribution is 2.14. The van der Waals surface area contributed by atoms with Crippen LogP contribution in [0.25, 0.3) is 11.2 Å². The van der Waals surface area contributed by atoms with E-state index < -0.39 is 0 Å². The molecule has 16 heavy (non-hydrogen) atoms. The molecule has 2 aromatic heterocycles. The third-order valence-corrected chi connectivity index (χ3v) is 2.76. The number of amides is 1. The lowest BCUT2D eigenvalue weighted by atomic mass is 10.1. The predicted octanol–water partition coefficient (Wildman–Crippen LogP) is 0.0971. The van der Waals surface area contributed by atoms with Crippen LogP contribution in [0.4, 0.5) is 0 Å². The first-order chi connectivity index (χ1) is 7.74. The van der Waals surface area contributed by atoms with E-state index in [2.05, 4.69) is 15.0 Å². The number of likely N-dealkylation sites (tertiary alicyclic amines) is 1. The second-order valence-electron chi connectivity index (χ2n) is 3.85. The minimum absolute atomic E-state index is 0.0253. The molecule has 0 aliphatic carbocycles. The summed E-state index contributed by atoms with van der Waals surface area (Å²) in [7, 11) is 0. The summed E-state index contributed by atoms with van der Waals surface area (Å²) in [6, 6.07) is 1.65. The third-order valence-electron chi connectivity index (χ3n) is 2.76. The van der Waals surface area contributed by atoms with Gasteiger partial charge in [0.25, 0.3) is 5.91 Å². The molecule has 0 bridgehead atoms. The standard InChI is InChI=1S/C10H10N4O2/c15-9(14-2-1-3-14)6-4-7-8(11-5-6)13-10(16)12-7/h4-5H,1-3H2,(H2,11,12,13,16). The van der Waals surface area contributed by atoms with Crippen molar-refractivity contribution in [1.82, 2.24) is 19.9 Å². The van der Waals surface area contributed by atoms with Crippen LogP contribution in [0.15, 0.2) is 17.1 Å². The Labute approximate surface area is 90.3 Å². The molecule has 1 fully saturated rings. The van der Waals surface area contributed by atoms with Gasteiger partial charge in [-0.25, -0.2) is 9.78 Å². The molecule has 1 saturated heterocycles. The maximum absolute atomic E-state index is 11.9. The Morgan fingerprint density at radius 1 is 1.38 bits per heavy atom. The van der Waals surface area contributed by atoms with Gasteiger partial charge in [0, 0.05) is 19.3 Å². The fourth-order valence-corrected chi connectivity index (χ4v) is 1.74. The van der Waals surface area contributed by atoms with Gasteiger partial charge >= 0.3 is 5.69 Å². The Morgan fingerprint density at radius 3 is 2.88 bits per heavy atom. The molecular formula is C10H10N4O2. The average molecular weight is 218 g/mol. The fourth-order valence-electron chi connectivity index (χ4n) is 1.74. The van der Waals surface area contributed by atoms with Gasteiger partial charge < -0.3 is 9.88 Å². The zero-order valence-electron chi connectivity index (χ0n) is 8.49. The van der Waals surface area contributed by atoms with Gasteiger partial charge in [-0.05, 0) is 12.5 Å². The van der Waals surface area contributed by atoms with Crippen LogP contribution in [-0.4, -0.2) is 38.8 Å². The molecule has 0 saturated carbocycles. The molecule has 3 rings (SSSR count). The van der Waals surface area contributed by atoms with Gasteiger partial charge in [0.2, 0.25) is 0 Å². The van der Waals surface area contributed by atoms with E-state index in [0.29, 0.717) is 16.7 Å². The highest BCUT2D eigenvalue weighted by atomic mass is 16.2. The number of imidazole rings is 1. The van der Waals surface area contributed by atoms with Crippen molar-refractivity contribution in [2.24, 2.45) is 0 Å². The predicted molar refractivity (Wildman–Crippen MR) is 57.2 cm³/mol. The molecule has 1 aliphatic rings. The van der Waals surface area contributed by atoms with Crippen LogP contribution in [0.1, 0.15) is 16.8 Å². The Kier molecular flexibility index (Phi) is 1.82. The van der Waals surface area contributed by atoms with Gasteiger partial charge in [-0.3, -0.25) is 9.78 Å². The van der Waals surface area contributed by atoms with Crippen molar-refractivity contribution < 1.29 is 4.79 Å². The summed E-state index contributed by atoms with van der Waals surface area (Å²) < 4.78 is 0. The van der Waals surface area contributed by atoms with E-state index >= 15 is 0 Å². The smallest absolute Gasteiger partial charge is 0.325 e. The van der Waals surface area contributed by atoms with Crippen LogP contribution in [0.3, 0.4) is 0 Å². The van der Waals surface area contributed by atoms with E-state index in [-0.39, 0.29) is 11.6 Å². The summed E-state index contributed by atoms with van der Waals surface area (Å²) in [6.07, 6.45) is 2.55. The summed E-state index contributed by atoms with van der Waals surface area (Å²) in [5, 5.41) is 0. The molecule has 0 atom stereocenters. The first kappa shape index (κ1) is 9.14. The van der Waals surface area contributed by atoms with Crippen LogP contribution < -0.4 is 5.69 Å². The second kappa shape index (κ2) is 3.19. The fraction of sp³-hybridized carbons (Fsp3) is 0.300. The summed E-state index contributed by atoms with van der Waals surface area (Å²) in [5.41, 5.74) is 1.25. The molecule has 3 heterocycles. The molecule has 0 spiro atoms. The second-order valence-corrected chi connectivity index (χ2v) is 3.85. The van der Waals surface area contributed by atoms with Gasteiger partial charge in [-0.1, -0.05) is 0 Å². The van der Waals surface area contributed by atoms with Gasteiger partial charge in [0.1, 0.15) is 0 Å². The molecule has 0 radical (unpaired) electrons. The van der Waals surface area contributed by atoms with E-state index in [1.807, 2.05) is 0 Å². The van der Waals surface area contributed by atoms with Crippen LogP contribution >= 0.6 is 0 Å². The molecule has 0 unspecified atom stereocenters. The molecule has 2 N–H and O–H groups in total. The molecule has 1 aliphatic heterocycles. The summed E-state index contributed by atoms with van der Waals surface area (Å²) >= 11 is 0. The topological polar surface area (TPSA) is 81.8 Å². The lowest BCUT2D eigenvalue weighted by molar-refractivity contribution is 0.0651. The first-order valence-corrected chi connectivity index (χ1v) is 5.11. The zero-order chi connectivity index (χ0) is 11.1. The van der Waals surface area contributed by atoms with E-state index in [4.69, 9.17) is 0 Å². The largest absolute Gasteiger partial charge is 0.338 e. The van der Waals surface area contributed by atoms with E-state index in [1.165, 1.54) is 6.20 Å². The molecule has 2 aromatic rings. The molecular weight excluding hydrogens is 208 g/mol. The van der Waals surface area contributed by atoms with Crippen LogP contribution in [-0.2, 0) is 0 Å². The molecule has 1 amide bonds. The normalized spacial score (nSPS) is 15.1. The van der Waals surface area contributed by atoms with Crippen molar-refractivity contribution >= 4 is 17.1 Å². The van der Waals surface area contributed by atoms with E-state index in [1.54, 1.807) is 11.0 Å². The van der Waals surface area contributed by atoms with Crippen molar-refractivity contribution in [3.63, 3.8) is 0 Å². The Bertz CT molecular complexity index is 609. The van der Waals surface area contributed by atoms with Gasteiger partial charge in [0.15, 0.2) is 5.65 Å². The highest BCUT2D eigenvalue weighted by molar-refractivity contribution is 5.96. The van der Waals surface area contributed by atoms with Crippen molar-refractivity contribution in [2.75, 3.05) is 13.1 Å². The monoisotopic (exact) mass is 218 g/mol. The number of fused-ring (bicyclic) bond motifs is 1. The zero-order valence-corrected chi connectivity index (χ0v) is 8.49. The number of hydrogen-bond donors (Lipinski definition) is 2. The number of carbonyl (C=O) groups is 1. The number of hydrogen-bond acceptors (Lipinski definition) is 3. The highest BCUT2D eigenvalue weighted by Gasteiger charge is 2.22. The summed E-state index contributed by atoms with van der Waals surface area (Å²) in [6.45, 7) is 1.61. The number of aromatic amines is 2. The van der Waals surface area contributed by atoms with Crippen molar-refractivity contribution in [3.05, 3.63) is 28.3 Å². The van der Waals surface area contributed by atoms with Crippen molar-refractivity contribution in [2.45, 2.75) is 6.42 Å². The lowest BCUT2D eigenvalue weighted by Gasteiger charge is -2.30. The Balaban J connectivity index is 2.03. The average Bonchev–Trinajstić information content (AvgIpc) is 2.53. The van der Waals surface area contributed by atoms with Crippen molar-refractivity contribution in [3.8, 4) is 0 Å². The van der Waals surface area contributed by atoms with Crippen LogP contribution in [0.5, 0.6) is 0 Å². The summed E-state index contributed by atoms with van der Waals surface area (Å²) in [5.74, 6) is -0.0253. The minimum atomic E-state index is -0.309. The number of carbonyl (C=O) groups excluding carboxylic acids is 1. The van der Waals surface area contributed by atoms with E-state index in [9.17, 15) is 9.59 Å². The molecule has 6 nitrogen and oxygen atoms in total. The maximum Gasteiger partial charge on any atom is 0.325 e. The van der Waals surface area contributed by atoms with Gasteiger partial charge in [0.05, 0.1) is 11.1 Å².